The number of fused-ring (bicyclic) bond motifs is 1. The minimum Gasteiger partial charge on any atom is -0.387 e. The molecule has 19 nitrogen and oxygen atoms in total. The minimum absolute atomic E-state index is 0.0534. The van der Waals surface area contributed by atoms with Crippen LogP contribution >= 0.6 is 7.82 Å². The Balaban J connectivity index is 1.50. The Labute approximate surface area is 236 Å². The van der Waals surface area contributed by atoms with Crippen molar-refractivity contribution in [1.29, 1.82) is 0 Å². The van der Waals surface area contributed by atoms with E-state index in [1.165, 1.54) is 23.3 Å². The molecule has 228 valence electrons. The first-order valence-electron chi connectivity index (χ1n) is 12.6. The van der Waals surface area contributed by atoms with Crippen molar-refractivity contribution in [2.24, 2.45) is 5.73 Å². The summed E-state index contributed by atoms with van der Waals surface area (Å²) < 4.78 is 23.1. The number of phosphoric acid groups is 1. The SMILES string of the molecule is Nc1ncnc2c1ncn2[C@]1(CCCCCC(N)c2ccc([N+](=O)[O-])cc2[N+](=O)[O-])O[C@H](COP(=O)(O)O)[C@@H](O)[C@H]1O. The van der Waals surface area contributed by atoms with E-state index in [2.05, 4.69) is 19.5 Å². The van der Waals surface area contributed by atoms with Crippen LogP contribution in [0.15, 0.2) is 30.9 Å². The lowest BCUT2D eigenvalue weighted by Gasteiger charge is -2.34. The van der Waals surface area contributed by atoms with Crippen molar-refractivity contribution < 1.29 is 43.7 Å². The molecule has 20 heteroatoms. The monoisotopic (exact) mass is 612 g/mol. The number of nitrogens with two attached hydrogens (primary N) is 2. The Morgan fingerprint density at radius 2 is 1.88 bits per heavy atom. The van der Waals surface area contributed by atoms with Crippen LogP contribution in [-0.4, -0.2) is 74.3 Å². The van der Waals surface area contributed by atoms with E-state index in [0.29, 0.717) is 19.3 Å². The largest absolute Gasteiger partial charge is 0.469 e. The lowest BCUT2D eigenvalue weighted by molar-refractivity contribution is -0.394. The molecule has 3 heterocycles. The fraction of sp³-hybridized carbons (Fsp3) is 0.500. The van der Waals surface area contributed by atoms with Gasteiger partial charge in [-0.3, -0.25) is 29.3 Å². The number of nitro benzene ring substituents is 2. The van der Waals surface area contributed by atoms with Crippen LogP contribution in [-0.2, 0) is 19.6 Å². The maximum Gasteiger partial charge on any atom is 0.469 e. The summed E-state index contributed by atoms with van der Waals surface area (Å²) in [6.45, 7) is -0.725. The molecular weight excluding hydrogens is 583 g/mol. The number of hydrogen-bond donors (Lipinski definition) is 6. The summed E-state index contributed by atoms with van der Waals surface area (Å²) in [5.74, 6) is 0.0534. The first-order chi connectivity index (χ1) is 19.7. The van der Waals surface area contributed by atoms with Crippen molar-refractivity contribution in [2.75, 3.05) is 12.3 Å². The zero-order valence-corrected chi connectivity index (χ0v) is 22.8. The van der Waals surface area contributed by atoms with Gasteiger partial charge in [0.25, 0.3) is 11.4 Å². The van der Waals surface area contributed by atoms with Crippen molar-refractivity contribution in [3.63, 3.8) is 0 Å². The molecule has 0 amide bonds. The third kappa shape index (κ3) is 6.37. The molecule has 1 aliphatic heterocycles. The van der Waals surface area contributed by atoms with E-state index in [-0.39, 0.29) is 35.4 Å². The number of benzene rings is 1. The number of nitro groups is 2. The molecule has 4 rings (SSSR count). The Kier molecular flexibility index (Phi) is 9.14. The number of hydrogen-bond acceptors (Lipinski definition) is 14. The van der Waals surface area contributed by atoms with Gasteiger partial charge in [-0.1, -0.05) is 12.8 Å². The molecule has 0 radical (unpaired) electrons. The summed E-state index contributed by atoms with van der Waals surface area (Å²) in [5.41, 5.74) is 10.0. The number of phosphoric ester groups is 1. The highest BCUT2D eigenvalue weighted by Gasteiger charge is 2.56. The first-order valence-corrected chi connectivity index (χ1v) is 14.1. The molecule has 0 saturated carbocycles. The molecule has 1 aliphatic rings. The number of unbranched alkanes of at least 4 members (excludes halogenated alkanes) is 2. The van der Waals surface area contributed by atoms with Crippen LogP contribution < -0.4 is 11.5 Å². The lowest BCUT2D eigenvalue weighted by atomic mass is 9.94. The van der Waals surface area contributed by atoms with Gasteiger partial charge in [0.2, 0.25) is 0 Å². The molecule has 3 aromatic rings. The van der Waals surface area contributed by atoms with Gasteiger partial charge in [0.15, 0.2) is 17.2 Å². The molecule has 5 atom stereocenters. The second-order valence-corrected chi connectivity index (χ2v) is 11.0. The highest BCUT2D eigenvalue weighted by atomic mass is 31.2. The number of imidazole rings is 1. The van der Waals surface area contributed by atoms with Crippen molar-refractivity contribution in [3.05, 3.63) is 56.6 Å². The summed E-state index contributed by atoms with van der Waals surface area (Å²) >= 11 is 0. The van der Waals surface area contributed by atoms with Gasteiger partial charge in [-0.15, -0.1) is 0 Å². The van der Waals surface area contributed by atoms with Gasteiger partial charge >= 0.3 is 7.82 Å². The summed E-state index contributed by atoms with van der Waals surface area (Å²) in [6, 6.07) is 2.48. The number of nitrogens with zero attached hydrogens (tertiary/aromatic N) is 6. The smallest absolute Gasteiger partial charge is 0.387 e. The zero-order chi connectivity index (χ0) is 30.8. The van der Waals surface area contributed by atoms with E-state index < -0.39 is 65.7 Å². The quantitative estimate of drug-likeness (QED) is 0.0671. The molecule has 1 fully saturated rings. The van der Waals surface area contributed by atoms with Crippen LogP contribution in [0.4, 0.5) is 17.2 Å². The second-order valence-electron chi connectivity index (χ2n) is 9.73. The van der Waals surface area contributed by atoms with Crippen LogP contribution in [0.3, 0.4) is 0 Å². The summed E-state index contributed by atoms with van der Waals surface area (Å²) in [6.07, 6.45) is -0.467. The van der Waals surface area contributed by atoms with Gasteiger partial charge in [0, 0.05) is 17.7 Å². The predicted molar refractivity (Wildman–Crippen MR) is 142 cm³/mol. The highest BCUT2D eigenvalue weighted by Crippen LogP contribution is 2.44. The molecular formula is C22H29N8O11P. The first kappa shape index (κ1) is 31.3. The van der Waals surface area contributed by atoms with Crippen LogP contribution in [0.25, 0.3) is 11.2 Å². The fourth-order valence-electron chi connectivity index (χ4n) is 5.02. The third-order valence-corrected chi connectivity index (χ3v) is 7.56. The van der Waals surface area contributed by atoms with Crippen molar-refractivity contribution >= 4 is 36.2 Å². The number of aliphatic hydroxyl groups is 2. The Morgan fingerprint density at radius 1 is 1.14 bits per heavy atom. The highest BCUT2D eigenvalue weighted by molar-refractivity contribution is 7.46. The van der Waals surface area contributed by atoms with Gasteiger partial charge in [-0.05, 0) is 25.3 Å². The average Bonchev–Trinajstić information content (AvgIpc) is 3.47. The normalized spacial score (nSPS) is 23.3. The van der Waals surface area contributed by atoms with Crippen LogP contribution in [0.1, 0.15) is 43.7 Å². The number of rotatable bonds is 13. The Morgan fingerprint density at radius 3 is 2.55 bits per heavy atom. The number of nitrogen functional groups attached to an aromatic ring is 1. The summed E-state index contributed by atoms with van der Waals surface area (Å²) in [7, 11) is -4.91. The van der Waals surface area contributed by atoms with E-state index in [4.69, 9.17) is 26.0 Å². The molecule has 0 spiro atoms. The van der Waals surface area contributed by atoms with Crippen molar-refractivity contribution in [2.45, 2.75) is 62.2 Å². The number of non-ortho nitro benzene ring substituents is 1. The molecule has 0 bridgehead atoms. The molecule has 8 N–H and O–H groups in total. The number of aliphatic hydroxyl groups excluding tert-OH is 2. The zero-order valence-electron chi connectivity index (χ0n) is 21.9. The van der Waals surface area contributed by atoms with Crippen LogP contribution in [0, 0.1) is 20.2 Å². The van der Waals surface area contributed by atoms with E-state index in [0.717, 1.165) is 12.1 Å². The topological polar surface area (TPSA) is 298 Å². The van der Waals surface area contributed by atoms with Crippen molar-refractivity contribution in [1.82, 2.24) is 19.5 Å². The number of aromatic nitrogens is 4. The molecule has 1 unspecified atom stereocenters. The van der Waals surface area contributed by atoms with E-state index in [1.807, 2.05) is 0 Å². The molecule has 1 saturated heterocycles. The maximum absolute atomic E-state index is 11.5. The van der Waals surface area contributed by atoms with Gasteiger partial charge < -0.3 is 36.2 Å². The predicted octanol–water partition coefficient (Wildman–Crippen LogP) is 0.758. The van der Waals surface area contributed by atoms with E-state index in [1.54, 1.807) is 0 Å². The van der Waals surface area contributed by atoms with Gasteiger partial charge in [-0.25, -0.2) is 19.5 Å². The van der Waals surface area contributed by atoms with E-state index in [9.17, 15) is 35.0 Å². The summed E-state index contributed by atoms with van der Waals surface area (Å²) in [4.78, 5) is 51.4. The molecule has 42 heavy (non-hydrogen) atoms. The van der Waals surface area contributed by atoms with E-state index >= 15 is 0 Å². The average molecular weight is 612 g/mol. The van der Waals surface area contributed by atoms with Gasteiger partial charge in [0.1, 0.15) is 30.2 Å². The molecule has 0 aliphatic carbocycles. The third-order valence-electron chi connectivity index (χ3n) is 7.07. The van der Waals surface area contributed by atoms with Gasteiger partial charge in [-0.2, -0.15) is 0 Å². The lowest BCUT2D eigenvalue weighted by Crippen LogP contribution is -2.45. The standard InChI is InChI=1S/C22H29N8O11P/c23-14(13-6-5-12(29(33)34)8-15(13)30(35)36)4-2-1-3-7-22(28-11-27-17-20(24)25-10-26-21(17)28)19(32)18(31)16(41-22)9-40-42(37,38)39/h5-6,8,10-11,14,16,18-19,31-32H,1-4,7,9,23H2,(H2,24,25,26)(H2,37,38,39)/t14?,16-,18-,19-,22-/m1/s1. The minimum atomic E-state index is -4.91. The van der Waals surface area contributed by atoms with Crippen LogP contribution in [0.5, 0.6) is 0 Å². The Hall–Kier alpha value is -3.68. The summed E-state index contributed by atoms with van der Waals surface area (Å²) in [5, 5.41) is 44.4. The number of anilines is 1. The maximum atomic E-state index is 11.5. The second kappa shape index (κ2) is 12.3. The molecule has 2 aromatic heterocycles. The van der Waals surface area contributed by atoms with Crippen molar-refractivity contribution in [3.8, 4) is 0 Å². The number of ether oxygens (including phenoxy) is 1. The molecule has 1 aromatic carbocycles. The van der Waals surface area contributed by atoms with Gasteiger partial charge in [0.05, 0.1) is 28.8 Å². The van der Waals surface area contributed by atoms with Crippen LogP contribution in [0.2, 0.25) is 0 Å². The fourth-order valence-corrected chi connectivity index (χ4v) is 5.36. The Bertz CT molecular complexity index is 1520.